The maximum absolute atomic E-state index is 12.2. The van der Waals surface area contributed by atoms with Crippen LogP contribution in [0, 0.1) is 0 Å². The average Bonchev–Trinajstić information content (AvgIpc) is 3.01. The molecule has 1 N–H and O–H groups in total. The maximum atomic E-state index is 12.2. The second-order valence-electron chi connectivity index (χ2n) is 5.75. The molecule has 6 nitrogen and oxygen atoms in total. The Kier molecular flexibility index (Phi) is 6.01. The molecular formula is C16H24N2O4S. The largest absolute Gasteiger partial charge is 0.377 e. The number of hydrogen-bond acceptors (Lipinski definition) is 4. The summed E-state index contributed by atoms with van der Waals surface area (Å²) in [6, 6.07) is 7.58. The lowest BCUT2D eigenvalue weighted by molar-refractivity contribution is 0.133. The van der Waals surface area contributed by atoms with Crippen LogP contribution in [0.2, 0.25) is 0 Å². The average molecular weight is 340 g/mol. The molecular weight excluding hydrogens is 316 g/mol. The highest BCUT2D eigenvalue weighted by molar-refractivity contribution is 7.91. The molecule has 1 saturated heterocycles. The number of carbonyl (C=O) groups excluding carboxylic acids is 1. The number of nitrogens with zero attached hydrogens (tertiary/aromatic N) is 1. The van der Waals surface area contributed by atoms with Gasteiger partial charge in [0.05, 0.1) is 11.9 Å². The van der Waals surface area contributed by atoms with Gasteiger partial charge >= 0.3 is 6.03 Å². The van der Waals surface area contributed by atoms with Crippen LogP contribution >= 0.6 is 0 Å². The molecule has 1 atom stereocenters. The van der Waals surface area contributed by atoms with E-state index in [1.807, 2.05) is 31.2 Å². The minimum Gasteiger partial charge on any atom is -0.377 e. The number of amides is 2. The van der Waals surface area contributed by atoms with Crippen molar-refractivity contribution in [2.75, 3.05) is 26.0 Å². The van der Waals surface area contributed by atoms with Crippen molar-refractivity contribution in [1.29, 1.82) is 0 Å². The van der Waals surface area contributed by atoms with Gasteiger partial charge in [-0.15, -0.1) is 0 Å². The number of hydrogen-bond donors (Lipinski definition) is 1. The Hall–Kier alpha value is -1.60. The minimum atomic E-state index is -3.09. The molecule has 1 aliphatic rings. The highest BCUT2D eigenvalue weighted by Crippen LogP contribution is 2.16. The topological polar surface area (TPSA) is 75.7 Å². The smallest absolute Gasteiger partial charge is 0.317 e. The predicted molar refractivity (Wildman–Crippen MR) is 88.8 cm³/mol. The zero-order chi connectivity index (χ0) is 16.9. The van der Waals surface area contributed by atoms with Gasteiger partial charge in [0.25, 0.3) is 0 Å². The summed E-state index contributed by atoms with van der Waals surface area (Å²) in [5.74, 6) is 0. The molecule has 128 valence electrons. The van der Waals surface area contributed by atoms with Crippen LogP contribution in [0.15, 0.2) is 24.3 Å². The van der Waals surface area contributed by atoms with E-state index < -0.39 is 15.1 Å². The van der Waals surface area contributed by atoms with E-state index in [9.17, 15) is 13.2 Å². The fraction of sp³-hybridized carbons (Fsp3) is 0.562. The Morgan fingerprint density at radius 2 is 2.04 bits per heavy atom. The SMILES string of the molecule is CCOCc1ccccc1CNC(=O)N1CC[C@H](S(C)(=O)=O)C1. The Morgan fingerprint density at radius 1 is 1.35 bits per heavy atom. The third-order valence-corrected chi connectivity index (χ3v) is 5.64. The lowest BCUT2D eigenvalue weighted by Gasteiger charge is -2.18. The van der Waals surface area contributed by atoms with Crippen molar-refractivity contribution in [2.45, 2.75) is 31.7 Å². The van der Waals surface area contributed by atoms with Crippen molar-refractivity contribution in [2.24, 2.45) is 0 Å². The number of rotatable bonds is 6. The van der Waals surface area contributed by atoms with Gasteiger partial charge in [-0.25, -0.2) is 13.2 Å². The van der Waals surface area contributed by atoms with Gasteiger partial charge in [-0.3, -0.25) is 0 Å². The number of nitrogens with one attached hydrogen (secondary N) is 1. The summed E-state index contributed by atoms with van der Waals surface area (Å²) in [4.78, 5) is 13.8. The molecule has 1 heterocycles. The number of urea groups is 1. The Bertz CT molecular complexity index is 645. The Labute approximate surface area is 137 Å². The number of ether oxygens (including phenoxy) is 1. The van der Waals surface area contributed by atoms with Gasteiger partial charge in [0.15, 0.2) is 9.84 Å². The van der Waals surface area contributed by atoms with Gasteiger partial charge < -0.3 is 15.0 Å². The number of benzene rings is 1. The summed E-state index contributed by atoms with van der Waals surface area (Å²) in [6.07, 6.45) is 1.73. The Morgan fingerprint density at radius 3 is 2.65 bits per heavy atom. The molecule has 2 rings (SSSR count). The number of likely N-dealkylation sites (tertiary alicyclic amines) is 1. The standard InChI is InChI=1S/C16H24N2O4S/c1-3-22-12-14-7-5-4-6-13(14)10-17-16(19)18-9-8-15(11-18)23(2,20)21/h4-7,15H,3,8-12H2,1-2H3,(H,17,19)/t15-/m0/s1. The van der Waals surface area contributed by atoms with Crippen molar-refractivity contribution in [3.63, 3.8) is 0 Å². The highest BCUT2D eigenvalue weighted by Gasteiger charge is 2.32. The normalized spacial score (nSPS) is 18.2. The van der Waals surface area contributed by atoms with Crippen LogP contribution in [0.4, 0.5) is 4.79 Å². The quantitative estimate of drug-likeness (QED) is 0.852. The van der Waals surface area contributed by atoms with E-state index >= 15 is 0 Å². The van der Waals surface area contributed by atoms with Gasteiger partial charge in [0.1, 0.15) is 0 Å². The molecule has 0 spiro atoms. The first-order chi connectivity index (χ1) is 10.9. The van der Waals surface area contributed by atoms with Crippen molar-refractivity contribution in [3.8, 4) is 0 Å². The van der Waals surface area contributed by atoms with Gasteiger partial charge in [-0.2, -0.15) is 0 Å². The van der Waals surface area contributed by atoms with Crippen molar-refractivity contribution in [1.82, 2.24) is 10.2 Å². The van der Waals surface area contributed by atoms with E-state index in [1.54, 1.807) is 4.90 Å². The van der Waals surface area contributed by atoms with E-state index in [0.717, 1.165) is 11.1 Å². The fourth-order valence-electron chi connectivity index (χ4n) is 2.63. The molecule has 0 saturated carbocycles. The van der Waals surface area contributed by atoms with Crippen LogP contribution < -0.4 is 5.32 Å². The maximum Gasteiger partial charge on any atom is 0.317 e. The lowest BCUT2D eigenvalue weighted by atomic mass is 10.1. The summed E-state index contributed by atoms with van der Waals surface area (Å²) >= 11 is 0. The van der Waals surface area contributed by atoms with Crippen LogP contribution in [-0.2, 0) is 27.7 Å². The van der Waals surface area contributed by atoms with Crippen molar-refractivity contribution >= 4 is 15.9 Å². The van der Waals surface area contributed by atoms with Gasteiger partial charge in [0, 0.05) is 32.5 Å². The minimum absolute atomic E-state index is 0.220. The van der Waals surface area contributed by atoms with E-state index in [0.29, 0.717) is 32.7 Å². The van der Waals surface area contributed by atoms with Crippen molar-refractivity contribution < 1.29 is 17.9 Å². The zero-order valence-electron chi connectivity index (χ0n) is 13.6. The molecule has 1 fully saturated rings. The van der Waals surface area contributed by atoms with Crippen LogP contribution in [0.5, 0.6) is 0 Å². The predicted octanol–water partition coefficient (Wildman–Crippen LogP) is 1.55. The molecule has 0 unspecified atom stereocenters. The highest BCUT2D eigenvalue weighted by atomic mass is 32.2. The molecule has 0 bridgehead atoms. The molecule has 23 heavy (non-hydrogen) atoms. The monoisotopic (exact) mass is 340 g/mol. The summed E-state index contributed by atoms with van der Waals surface area (Å²) in [7, 11) is -3.09. The third kappa shape index (κ3) is 4.94. The summed E-state index contributed by atoms with van der Waals surface area (Å²) in [5.41, 5.74) is 2.05. The summed E-state index contributed by atoms with van der Waals surface area (Å²) in [5, 5.41) is 2.42. The Balaban J connectivity index is 1.90. The second-order valence-corrected chi connectivity index (χ2v) is 8.08. The molecule has 7 heteroatoms. The molecule has 1 aliphatic heterocycles. The van der Waals surface area contributed by atoms with Crippen LogP contribution in [-0.4, -0.2) is 50.6 Å². The zero-order valence-corrected chi connectivity index (χ0v) is 14.4. The van der Waals surface area contributed by atoms with E-state index in [-0.39, 0.29) is 12.6 Å². The van der Waals surface area contributed by atoms with Gasteiger partial charge in [-0.1, -0.05) is 24.3 Å². The molecule has 0 aromatic heterocycles. The third-order valence-electron chi connectivity index (χ3n) is 4.05. The van der Waals surface area contributed by atoms with E-state index in [4.69, 9.17) is 4.74 Å². The summed E-state index contributed by atoms with van der Waals surface area (Å²) < 4.78 is 28.5. The van der Waals surface area contributed by atoms with Crippen LogP contribution in [0.1, 0.15) is 24.5 Å². The summed E-state index contributed by atoms with van der Waals surface area (Å²) in [6.45, 7) is 4.25. The molecule has 0 aliphatic carbocycles. The van der Waals surface area contributed by atoms with Crippen LogP contribution in [0.25, 0.3) is 0 Å². The first-order valence-electron chi connectivity index (χ1n) is 7.78. The second kappa shape index (κ2) is 7.79. The number of sulfone groups is 1. The molecule has 0 radical (unpaired) electrons. The molecule has 1 aromatic carbocycles. The fourth-order valence-corrected chi connectivity index (χ4v) is 3.61. The first kappa shape index (κ1) is 17.7. The van der Waals surface area contributed by atoms with E-state index in [1.165, 1.54) is 6.26 Å². The molecule has 2 amide bonds. The van der Waals surface area contributed by atoms with Crippen LogP contribution in [0.3, 0.4) is 0 Å². The van der Waals surface area contributed by atoms with Gasteiger partial charge in [0.2, 0.25) is 0 Å². The van der Waals surface area contributed by atoms with Crippen molar-refractivity contribution in [3.05, 3.63) is 35.4 Å². The molecule has 1 aromatic rings. The number of carbonyl (C=O) groups is 1. The van der Waals surface area contributed by atoms with Gasteiger partial charge in [-0.05, 0) is 24.5 Å². The first-order valence-corrected chi connectivity index (χ1v) is 9.73. The lowest BCUT2D eigenvalue weighted by Crippen LogP contribution is -2.39. The van der Waals surface area contributed by atoms with E-state index in [2.05, 4.69) is 5.32 Å².